The molecule has 12 heteroatoms. The zero-order valence-corrected chi connectivity index (χ0v) is 22.0. The van der Waals surface area contributed by atoms with Gasteiger partial charge in [-0.05, 0) is 36.8 Å². The van der Waals surface area contributed by atoms with E-state index >= 15 is 0 Å². The second kappa shape index (κ2) is 15.3. The number of rotatable bonds is 10. The highest BCUT2D eigenvalue weighted by molar-refractivity contribution is 6.33. The topological polar surface area (TPSA) is 153 Å². The fourth-order valence-corrected chi connectivity index (χ4v) is 4.36. The lowest BCUT2D eigenvalue weighted by Gasteiger charge is -2.29. The Kier molecular flexibility index (Phi) is 11.3. The van der Waals surface area contributed by atoms with Gasteiger partial charge in [-0.1, -0.05) is 60.7 Å². The number of hydrogen-bond donors (Lipinski definition) is 4. The minimum Gasteiger partial charge on any atom is -0.383 e. The average molecular weight is 555 g/mol. The maximum atomic E-state index is 12.3. The zero-order chi connectivity index (χ0) is 28.2. The molecule has 0 aliphatic carbocycles. The van der Waals surface area contributed by atoms with Gasteiger partial charge in [-0.25, -0.2) is 19.2 Å². The van der Waals surface area contributed by atoms with E-state index in [0.29, 0.717) is 52.0 Å². The summed E-state index contributed by atoms with van der Waals surface area (Å²) in [7, 11) is 0. The molecular weight excluding hydrogens is 520 g/mol. The first-order chi connectivity index (χ1) is 19.5. The van der Waals surface area contributed by atoms with Crippen molar-refractivity contribution in [2.75, 3.05) is 13.1 Å². The third-order valence-corrected chi connectivity index (χ3v) is 6.61. The number of hydrogen-bond acceptors (Lipinski definition) is 12. The molecule has 214 valence electrons. The molecule has 4 atom stereocenters. The van der Waals surface area contributed by atoms with Crippen molar-refractivity contribution in [3.8, 4) is 0 Å². The predicted molar refractivity (Wildman–Crippen MR) is 141 cm³/mol. The summed E-state index contributed by atoms with van der Waals surface area (Å²) < 4.78 is 9.29. The van der Waals surface area contributed by atoms with Gasteiger partial charge in [0.2, 0.25) is 0 Å². The summed E-state index contributed by atoms with van der Waals surface area (Å²) in [5.74, 6) is -4.87. The predicted octanol–water partition coefficient (Wildman–Crippen LogP) is 0.810. The lowest BCUT2D eigenvalue weighted by molar-refractivity contribution is -0.179. The summed E-state index contributed by atoms with van der Waals surface area (Å²) in [5.41, 5.74) is 7.95. The maximum Gasteiger partial charge on any atom is 0.425 e. The summed E-state index contributed by atoms with van der Waals surface area (Å²) in [6.45, 7) is 1.59. The van der Waals surface area contributed by atoms with Crippen molar-refractivity contribution >= 4 is 23.9 Å². The molecule has 2 aliphatic heterocycles. The second-order valence-corrected chi connectivity index (χ2v) is 9.67. The standard InChI is InChI=1S/C28H34N4O8/c33-25(23-13-11-21(15-29-23)31-37-17-19-7-3-1-4-8-19)39-27(35)28(36)40-26(34)24-14-12-22(16-30-24)32-38-18-20-9-5-2-6-10-20/h1-10,21-24,29-32H,11-18H2/t21-,22-,23-,24-/m0/s1. The molecule has 0 bridgehead atoms. The molecule has 0 aromatic heterocycles. The van der Waals surface area contributed by atoms with Gasteiger partial charge in [0.1, 0.15) is 12.1 Å². The van der Waals surface area contributed by atoms with E-state index in [0.717, 1.165) is 11.1 Å². The molecule has 4 N–H and O–H groups in total. The first-order valence-electron chi connectivity index (χ1n) is 13.3. The van der Waals surface area contributed by atoms with E-state index in [1.807, 2.05) is 60.7 Å². The van der Waals surface area contributed by atoms with Crippen LogP contribution in [0.15, 0.2) is 60.7 Å². The van der Waals surface area contributed by atoms with E-state index in [1.165, 1.54) is 0 Å². The van der Waals surface area contributed by atoms with Crippen molar-refractivity contribution in [2.24, 2.45) is 0 Å². The number of hydroxylamine groups is 2. The Bertz CT molecular complexity index is 1030. The van der Waals surface area contributed by atoms with Crippen LogP contribution in [0.4, 0.5) is 0 Å². The molecule has 0 radical (unpaired) electrons. The highest BCUT2D eigenvalue weighted by Gasteiger charge is 2.34. The highest BCUT2D eigenvalue weighted by Crippen LogP contribution is 2.13. The van der Waals surface area contributed by atoms with Crippen molar-refractivity contribution in [1.29, 1.82) is 0 Å². The number of esters is 4. The van der Waals surface area contributed by atoms with E-state index in [4.69, 9.17) is 9.68 Å². The Morgan fingerprint density at radius 2 is 1.02 bits per heavy atom. The molecule has 0 saturated carbocycles. The van der Waals surface area contributed by atoms with Crippen LogP contribution in [-0.2, 0) is 51.5 Å². The van der Waals surface area contributed by atoms with Gasteiger partial charge in [-0.15, -0.1) is 0 Å². The van der Waals surface area contributed by atoms with Crippen LogP contribution in [0.25, 0.3) is 0 Å². The average Bonchev–Trinajstić information content (AvgIpc) is 2.99. The maximum absolute atomic E-state index is 12.3. The molecule has 0 amide bonds. The van der Waals surface area contributed by atoms with Gasteiger partial charge in [0, 0.05) is 25.2 Å². The van der Waals surface area contributed by atoms with E-state index in [2.05, 4.69) is 31.1 Å². The molecule has 2 aliphatic rings. The lowest BCUT2D eigenvalue weighted by Crippen LogP contribution is -2.52. The van der Waals surface area contributed by atoms with Crippen molar-refractivity contribution < 1.29 is 38.3 Å². The van der Waals surface area contributed by atoms with Crippen LogP contribution in [0.5, 0.6) is 0 Å². The Hall–Kier alpha value is -3.52. The highest BCUT2D eigenvalue weighted by atomic mass is 16.7. The summed E-state index contributed by atoms with van der Waals surface area (Å²) in [6, 6.07) is 17.7. The first kappa shape index (κ1) is 29.5. The minimum atomic E-state index is -1.53. The van der Waals surface area contributed by atoms with Gasteiger partial charge in [0.25, 0.3) is 0 Å². The van der Waals surface area contributed by atoms with Crippen molar-refractivity contribution in [2.45, 2.75) is 63.1 Å². The van der Waals surface area contributed by atoms with Crippen LogP contribution in [0.3, 0.4) is 0 Å². The van der Waals surface area contributed by atoms with Crippen LogP contribution < -0.4 is 21.6 Å². The van der Waals surface area contributed by atoms with E-state index in [-0.39, 0.29) is 12.1 Å². The van der Waals surface area contributed by atoms with Gasteiger partial charge < -0.3 is 20.1 Å². The number of benzene rings is 2. The fourth-order valence-electron chi connectivity index (χ4n) is 4.36. The third kappa shape index (κ3) is 9.30. The molecule has 0 spiro atoms. The van der Waals surface area contributed by atoms with Gasteiger partial charge in [0.05, 0.1) is 13.2 Å². The van der Waals surface area contributed by atoms with Crippen molar-refractivity contribution in [1.82, 2.24) is 21.6 Å². The first-order valence-corrected chi connectivity index (χ1v) is 13.3. The van der Waals surface area contributed by atoms with E-state index in [1.54, 1.807) is 0 Å². The Morgan fingerprint density at radius 1 is 0.625 bits per heavy atom. The smallest absolute Gasteiger partial charge is 0.383 e. The van der Waals surface area contributed by atoms with Gasteiger partial charge in [-0.3, -0.25) is 9.68 Å². The SMILES string of the molecule is O=C(OC(=O)[C@@H]1CC[C@H](NOCc2ccccc2)CN1)C(=O)OC(=O)[C@@H]1CC[C@H](NOCc2ccccc2)CN1. The van der Waals surface area contributed by atoms with Crippen LogP contribution in [0, 0.1) is 0 Å². The van der Waals surface area contributed by atoms with Crippen LogP contribution >= 0.6 is 0 Å². The van der Waals surface area contributed by atoms with Gasteiger partial charge in [-0.2, -0.15) is 11.0 Å². The number of carbonyl (C=O) groups is 4. The largest absolute Gasteiger partial charge is 0.425 e. The Labute approximate surface area is 232 Å². The third-order valence-electron chi connectivity index (χ3n) is 6.61. The molecular formula is C28H34N4O8. The molecule has 40 heavy (non-hydrogen) atoms. The van der Waals surface area contributed by atoms with E-state index < -0.39 is 36.0 Å². The van der Waals surface area contributed by atoms with Crippen LogP contribution in [-0.4, -0.2) is 61.1 Å². The Balaban J connectivity index is 1.08. The van der Waals surface area contributed by atoms with E-state index in [9.17, 15) is 19.2 Å². The summed E-state index contributed by atoms with van der Waals surface area (Å²) in [4.78, 5) is 59.8. The molecule has 2 aromatic rings. The number of ether oxygens (including phenoxy) is 2. The summed E-state index contributed by atoms with van der Waals surface area (Å²) in [6.07, 6.45) is 1.89. The molecule has 2 fully saturated rings. The van der Waals surface area contributed by atoms with Crippen molar-refractivity contribution in [3.05, 3.63) is 71.8 Å². The summed E-state index contributed by atoms with van der Waals surface area (Å²) >= 11 is 0. The van der Waals surface area contributed by atoms with Gasteiger partial charge in [0.15, 0.2) is 0 Å². The van der Waals surface area contributed by atoms with Crippen LogP contribution in [0.1, 0.15) is 36.8 Å². The molecule has 2 aromatic carbocycles. The molecule has 4 rings (SSSR count). The normalized spacial score (nSPS) is 22.7. The number of carbonyl (C=O) groups excluding carboxylic acids is 4. The number of piperidine rings is 2. The zero-order valence-electron chi connectivity index (χ0n) is 22.0. The Morgan fingerprint density at radius 3 is 1.38 bits per heavy atom. The quantitative estimate of drug-likeness (QED) is 0.142. The molecule has 2 heterocycles. The minimum absolute atomic E-state index is 0.0423. The van der Waals surface area contributed by atoms with Gasteiger partial charge >= 0.3 is 23.9 Å². The fraction of sp³-hybridized carbons (Fsp3) is 0.429. The summed E-state index contributed by atoms with van der Waals surface area (Å²) in [5, 5.41) is 5.94. The monoisotopic (exact) mass is 554 g/mol. The molecule has 0 unspecified atom stereocenters. The molecule has 12 nitrogen and oxygen atoms in total. The second-order valence-electron chi connectivity index (χ2n) is 9.67. The lowest BCUT2D eigenvalue weighted by atomic mass is 10.0. The number of nitrogens with one attached hydrogen (secondary N) is 4. The van der Waals surface area contributed by atoms with Crippen molar-refractivity contribution in [3.63, 3.8) is 0 Å². The van der Waals surface area contributed by atoms with Crippen LogP contribution in [0.2, 0.25) is 0 Å². The molecule has 2 saturated heterocycles.